The fourth-order valence-corrected chi connectivity index (χ4v) is 2.82. The number of rotatable bonds is 9. The van der Waals surface area contributed by atoms with Crippen LogP contribution in [-0.2, 0) is 14.2 Å². The molecule has 1 aliphatic carbocycles. The first-order valence-corrected chi connectivity index (χ1v) is 7.93. The van der Waals surface area contributed by atoms with Gasteiger partial charge in [-0.2, -0.15) is 0 Å². The first-order chi connectivity index (χ1) is 9.41. The Morgan fingerprint density at radius 2 is 1.80 bits per heavy atom. The Labute approximate surface area is 124 Å². The molecule has 0 radical (unpaired) electrons. The number of hydrogen-bond acceptors (Lipinski definition) is 3. The Morgan fingerprint density at radius 3 is 2.25 bits per heavy atom. The van der Waals surface area contributed by atoms with Gasteiger partial charge in [0.25, 0.3) is 0 Å². The zero-order chi connectivity index (χ0) is 15.2. The Hall–Kier alpha value is -0.380. The molecule has 2 atom stereocenters. The molecule has 0 aromatic carbocycles. The van der Waals surface area contributed by atoms with E-state index in [2.05, 4.69) is 33.8 Å². The van der Waals surface area contributed by atoms with Gasteiger partial charge in [0.15, 0.2) is 6.29 Å². The molecule has 0 saturated carbocycles. The van der Waals surface area contributed by atoms with Crippen molar-refractivity contribution < 1.29 is 14.2 Å². The van der Waals surface area contributed by atoms with Gasteiger partial charge in [0.1, 0.15) is 0 Å². The van der Waals surface area contributed by atoms with Crippen LogP contribution in [0.15, 0.2) is 11.6 Å². The predicted molar refractivity (Wildman–Crippen MR) is 82.7 cm³/mol. The van der Waals surface area contributed by atoms with Crippen molar-refractivity contribution in [2.24, 2.45) is 11.3 Å². The molecule has 0 fully saturated rings. The van der Waals surface area contributed by atoms with Crippen molar-refractivity contribution in [1.82, 2.24) is 0 Å². The van der Waals surface area contributed by atoms with Crippen molar-refractivity contribution in [3.63, 3.8) is 0 Å². The smallest absolute Gasteiger partial charge is 0.180 e. The molecular formula is C17H32O3. The fourth-order valence-electron chi connectivity index (χ4n) is 2.82. The van der Waals surface area contributed by atoms with E-state index in [1.54, 1.807) is 0 Å². The lowest BCUT2D eigenvalue weighted by atomic mass is 9.75. The van der Waals surface area contributed by atoms with Crippen molar-refractivity contribution in [2.45, 2.75) is 66.8 Å². The molecule has 0 aliphatic heterocycles. The molecular weight excluding hydrogens is 252 g/mol. The van der Waals surface area contributed by atoms with Crippen LogP contribution in [-0.4, -0.2) is 32.2 Å². The molecule has 118 valence electrons. The molecule has 1 aliphatic rings. The van der Waals surface area contributed by atoms with E-state index in [-0.39, 0.29) is 12.4 Å². The van der Waals surface area contributed by atoms with E-state index in [0.29, 0.717) is 31.2 Å². The quantitative estimate of drug-likeness (QED) is 0.470. The van der Waals surface area contributed by atoms with Crippen molar-refractivity contribution in [3.8, 4) is 0 Å². The first kappa shape index (κ1) is 17.7. The van der Waals surface area contributed by atoms with E-state index >= 15 is 0 Å². The molecule has 20 heavy (non-hydrogen) atoms. The van der Waals surface area contributed by atoms with Crippen LogP contribution in [0.3, 0.4) is 0 Å². The van der Waals surface area contributed by atoms with Crippen LogP contribution in [0.2, 0.25) is 0 Å². The number of allylic oxidation sites excluding steroid dienone is 2. The van der Waals surface area contributed by atoms with Gasteiger partial charge < -0.3 is 14.2 Å². The van der Waals surface area contributed by atoms with Crippen LogP contribution >= 0.6 is 0 Å². The van der Waals surface area contributed by atoms with Gasteiger partial charge in [0, 0.05) is 13.2 Å². The number of hydrogen-bond donors (Lipinski definition) is 0. The normalized spacial score (nSPS) is 23.1. The molecule has 1 unspecified atom stereocenters. The molecule has 1 rings (SSSR count). The molecule has 0 aromatic rings. The largest absolute Gasteiger partial charge is 0.373 e. The molecule has 0 spiro atoms. The van der Waals surface area contributed by atoms with E-state index in [9.17, 15) is 0 Å². The van der Waals surface area contributed by atoms with Gasteiger partial charge in [0.05, 0.1) is 12.7 Å². The van der Waals surface area contributed by atoms with Crippen molar-refractivity contribution >= 4 is 0 Å². The van der Waals surface area contributed by atoms with Crippen LogP contribution in [0.4, 0.5) is 0 Å². The standard InChI is InChI=1S/C17H32O3/c1-7-18-16(19-8-2)12-20-14(4)11-15-10-9-13(3)17(15,5)6/h9,14-16H,7-8,10-12H2,1-6H3/t14?,15-/m1/s1. The lowest BCUT2D eigenvalue weighted by Crippen LogP contribution is -2.29. The topological polar surface area (TPSA) is 27.7 Å². The number of ether oxygens (including phenoxy) is 3. The molecule has 3 heteroatoms. The van der Waals surface area contributed by atoms with Gasteiger partial charge in [0.2, 0.25) is 0 Å². The molecule has 0 bridgehead atoms. The Kier molecular flexibility index (Phi) is 7.21. The fraction of sp³-hybridized carbons (Fsp3) is 0.882. The van der Waals surface area contributed by atoms with Gasteiger partial charge in [-0.05, 0) is 51.9 Å². The summed E-state index contributed by atoms with van der Waals surface area (Å²) in [6, 6.07) is 0. The van der Waals surface area contributed by atoms with Crippen LogP contribution in [0, 0.1) is 11.3 Å². The highest BCUT2D eigenvalue weighted by atomic mass is 16.7. The van der Waals surface area contributed by atoms with Crippen LogP contribution in [0.25, 0.3) is 0 Å². The lowest BCUT2D eigenvalue weighted by Gasteiger charge is -2.32. The minimum absolute atomic E-state index is 0.233. The molecule has 0 amide bonds. The third kappa shape index (κ3) is 4.87. The second-order valence-corrected chi connectivity index (χ2v) is 6.26. The second-order valence-electron chi connectivity index (χ2n) is 6.26. The molecule has 0 heterocycles. The maximum absolute atomic E-state index is 5.93. The van der Waals surface area contributed by atoms with Crippen molar-refractivity contribution in [1.29, 1.82) is 0 Å². The molecule has 0 saturated heterocycles. The highest BCUT2D eigenvalue weighted by Gasteiger charge is 2.35. The van der Waals surface area contributed by atoms with Gasteiger partial charge in [-0.15, -0.1) is 0 Å². The lowest BCUT2D eigenvalue weighted by molar-refractivity contribution is -0.176. The summed E-state index contributed by atoms with van der Waals surface area (Å²) in [7, 11) is 0. The highest BCUT2D eigenvalue weighted by Crippen LogP contribution is 2.45. The minimum Gasteiger partial charge on any atom is -0.373 e. The minimum atomic E-state index is -0.233. The zero-order valence-electron chi connectivity index (χ0n) is 14.1. The van der Waals surface area contributed by atoms with E-state index in [1.165, 1.54) is 12.0 Å². The van der Waals surface area contributed by atoms with Crippen molar-refractivity contribution in [2.75, 3.05) is 19.8 Å². The second kappa shape index (κ2) is 8.16. The van der Waals surface area contributed by atoms with Gasteiger partial charge >= 0.3 is 0 Å². The summed E-state index contributed by atoms with van der Waals surface area (Å²) < 4.78 is 16.9. The van der Waals surface area contributed by atoms with Gasteiger partial charge in [-0.3, -0.25) is 0 Å². The summed E-state index contributed by atoms with van der Waals surface area (Å²) in [6.07, 6.45) is 4.64. The zero-order valence-corrected chi connectivity index (χ0v) is 14.1. The van der Waals surface area contributed by atoms with Gasteiger partial charge in [-0.25, -0.2) is 0 Å². The summed E-state index contributed by atoms with van der Waals surface area (Å²) >= 11 is 0. The summed E-state index contributed by atoms with van der Waals surface area (Å²) in [6.45, 7) is 14.9. The third-order valence-electron chi connectivity index (χ3n) is 4.58. The first-order valence-electron chi connectivity index (χ1n) is 7.93. The maximum atomic E-state index is 5.93. The average molecular weight is 284 g/mol. The average Bonchev–Trinajstić information content (AvgIpc) is 2.63. The molecule has 0 aromatic heterocycles. The van der Waals surface area contributed by atoms with Gasteiger partial charge in [-0.1, -0.05) is 25.5 Å². The van der Waals surface area contributed by atoms with Crippen LogP contribution < -0.4 is 0 Å². The summed E-state index contributed by atoms with van der Waals surface area (Å²) in [5.74, 6) is 0.676. The molecule has 3 nitrogen and oxygen atoms in total. The Balaban J connectivity index is 2.35. The summed E-state index contributed by atoms with van der Waals surface area (Å²) in [5, 5.41) is 0. The van der Waals surface area contributed by atoms with E-state index in [0.717, 1.165) is 6.42 Å². The van der Waals surface area contributed by atoms with Crippen molar-refractivity contribution in [3.05, 3.63) is 11.6 Å². The third-order valence-corrected chi connectivity index (χ3v) is 4.58. The summed E-state index contributed by atoms with van der Waals surface area (Å²) in [4.78, 5) is 0. The Bertz CT molecular complexity index is 303. The SMILES string of the molecule is CCOC(COC(C)C[C@H]1CC=C(C)C1(C)C)OCC. The van der Waals surface area contributed by atoms with E-state index < -0.39 is 0 Å². The monoisotopic (exact) mass is 284 g/mol. The van der Waals surface area contributed by atoms with E-state index in [1.807, 2.05) is 13.8 Å². The summed E-state index contributed by atoms with van der Waals surface area (Å²) in [5.41, 5.74) is 1.81. The van der Waals surface area contributed by atoms with Crippen LogP contribution in [0.5, 0.6) is 0 Å². The predicted octanol–water partition coefficient (Wildman–Crippen LogP) is 4.17. The van der Waals surface area contributed by atoms with E-state index in [4.69, 9.17) is 14.2 Å². The highest BCUT2D eigenvalue weighted by molar-refractivity contribution is 5.18. The maximum Gasteiger partial charge on any atom is 0.180 e. The molecule has 0 N–H and O–H groups in total. The Morgan fingerprint density at radius 1 is 1.20 bits per heavy atom. The van der Waals surface area contributed by atoms with Crippen LogP contribution in [0.1, 0.15) is 54.4 Å².